The zero-order chi connectivity index (χ0) is 26.4. The summed E-state index contributed by atoms with van der Waals surface area (Å²) in [5.41, 5.74) is 0.770. The molecular formula is C31H40F2O3. The number of ether oxygens (including phenoxy) is 2. The van der Waals surface area contributed by atoms with E-state index in [-0.39, 0.29) is 22.5 Å². The molecule has 0 radical (unpaired) electrons. The first-order valence-corrected chi connectivity index (χ1v) is 13.3. The highest BCUT2D eigenvalue weighted by Crippen LogP contribution is 2.47. The van der Waals surface area contributed by atoms with Crippen molar-refractivity contribution in [3.63, 3.8) is 0 Å². The van der Waals surface area contributed by atoms with E-state index in [0.717, 1.165) is 36.8 Å². The van der Waals surface area contributed by atoms with Crippen molar-refractivity contribution >= 4 is 6.16 Å². The van der Waals surface area contributed by atoms with Gasteiger partial charge >= 0.3 is 6.16 Å². The summed E-state index contributed by atoms with van der Waals surface area (Å²) >= 11 is 0. The molecule has 0 spiro atoms. The lowest BCUT2D eigenvalue weighted by atomic mass is 9.82. The lowest BCUT2D eigenvalue weighted by Gasteiger charge is -2.35. The van der Waals surface area contributed by atoms with Crippen LogP contribution in [0.5, 0.6) is 0 Å². The first-order valence-electron chi connectivity index (χ1n) is 13.3. The normalized spacial score (nSPS) is 19.3. The van der Waals surface area contributed by atoms with Crippen molar-refractivity contribution in [1.29, 1.82) is 0 Å². The van der Waals surface area contributed by atoms with Crippen molar-refractivity contribution in [1.82, 2.24) is 0 Å². The molecule has 0 atom stereocenters. The minimum absolute atomic E-state index is 0.243. The van der Waals surface area contributed by atoms with Gasteiger partial charge in [0.1, 0.15) is 22.8 Å². The van der Waals surface area contributed by atoms with E-state index in [1.807, 2.05) is 53.7 Å². The average Bonchev–Trinajstić information content (AvgIpc) is 3.43. The molecule has 2 aliphatic carbocycles. The first-order chi connectivity index (χ1) is 16.7. The Bertz CT molecular complexity index is 1020. The Morgan fingerprint density at radius 1 is 0.639 bits per heavy atom. The molecule has 0 N–H and O–H groups in total. The maximum atomic E-state index is 14.7. The zero-order valence-corrected chi connectivity index (χ0v) is 22.6. The van der Waals surface area contributed by atoms with Crippen LogP contribution in [0.25, 0.3) is 0 Å². The molecule has 2 aliphatic rings. The molecule has 0 heterocycles. The molecule has 0 unspecified atom stereocenters. The maximum absolute atomic E-state index is 14.7. The van der Waals surface area contributed by atoms with E-state index in [0.29, 0.717) is 36.8 Å². The Balaban J connectivity index is 1.66. The molecule has 196 valence electrons. The zero-order valence-electron chi connectivity index (χ0n) is 22.6. The van der Waals surface area contributed by atoms with Gasteiger partial charge in [-0.3, -0.25) is 0 Å². The van der Waals surface area contributed by atoms with Crippen molar-refractivity contribution in [3.8, 4) is 0 Å². The molecule has 0 saturated heterocycles. The Hall–Kier alpha value is -2.43. The standard InChI is InChI=1S/C31H40F2O3/c1-28(2,3)21-15-23(19-25(32)17-21)30(11-7-8-12-30)35-27(34)36-31(13-9-10-14-31)24-16-22(29(4,5)6)18-26(33)20-24/h15-20H,7-14H2,1-6H3. The van der Waals surface area contributed by atoms with Crippen molar-refractivity contribution in [2.24, 2.45) is 0 Å². The van der Waals surface area contributed by atoms with E-state index < -0.39 is 17.4 Å². The summed E-state index contributed by atoms with van der Waals surface area (Å²) in [5, 5.41) is 0. The van der Waals surface area contributed by atoms with Crippen LogP contribution in [0.1, 0.15) is 115 Å². The molecule has 2 aromatic carbocycles. The summed E-state index contributed by atoms with van der Waals surface area (Å²) in [6, 6.07) is 10.0. The largest absolute Gasteiger partial charge is 0.510 e. The van der Waals surface area contributed by atoms with Crippen molar-refractivity contribution in [2.75, 3.05) is 0 Å². The predicted molar refractivity (Wildman–Crippen MR) is 138 cm³/mol. The van der Waals surface area contributed by atoms with Gasteiger partial charge in [-0.15, -0.1) is 0 Å². The molecule has 5 heteroatoms. The minimum atomic E-state index is -0.919. The van der Waals surface area contributed by atoms with Crippen LogP contribution in [0, 0.1) is 11.6 Å². The Kier molecular flexibility index (Phi) is 7.00. The second-order valence-electron chi connectivity index (χ2n) is 12.8. The van der Waals surface area contributed by atoms with E-state index >= 15 is 0 Å². The molecule has 2 fully saturated rings. The third kappa shape index (κ3) is 5.45. The van der Waals surface area contributed by atoms with Crippen LogP contribution in [0.3, 0.4) is 0 Å². The van der Waals surface area contributed by atoms with Gasteiger partial charge in [-0.1, -0.05) is 53.7 Å². The van der Waals surface area contributed by atoms with Crippen molar-refractivity contribution in [3.05, 3.63) is 70.3 Å². The predicted octanol–water partition coefficient (Wildman–Crippen LogP) is 8.95. The summed E-state index contributed by atoms with van der Waals surface area (Å²) in [6.07, 6.45) is 5.27. The number of carbonyl (C=O) groups is 1. The smallest absolute Gasteiger partial charge is 0.423 e. The highest BCUT2D eigenvalue weighted by molar-refractivity contribution is 5.62. The monoisotopic (exact) mass is 498 g/mol. The lowest BCUT2D eigenvalue weighted by Crippen LogP contribution is -2.36. The van der Waals surface area contributed by atoms with Gasteiger partial charge in [0.2, 0.25) is 0 Å². The molecule has 4 rings (SSSR count). The molecular weight excluding hydrogens is 458 g/mol. The summed E-state index contributed by atoms with van der Waals surface area (Å²) in [7, 11) is 0. The van der Waals surface area contributed by atoms with Gasteiger partial charge in [-0.25, -0.2) is 13.6 Å². The number of hydrogen-bond donors (Lipinski definition) is 0. The highest BCUT2D eigenvalue weighted by Gasteiger charge is 2.45. The number of halogens is 2. The van der Waals surface area contributed by atoms with Crippen molar-refractivity contribution in [2.45, 2.75) is 115 Å². The van der Waals surface area contributed by atoms with Gasteiger partial charge < -0.3 is 9.47 Å². The molecule has 2 saturated carbocycles. The van der Waals surface area contributed by atoms with E-state index in [4.69, 9.17) is 9.47 Å². The third-order valence-corrected chi connectivity index (χ3v) is 7.96. The van der Waals surface area contributed by atoms with Crippen LogP contribution in [-0.4, -0.2) is 6.16 Å². The van der Waals surface area contributed by atoms with Gasteiger partial charge in [-0.05, 0) is 109 Å². The summed E-state index contributed by atoms with van der Waals surface area (Å²) in [5.74, 6) is -0.662. The van der Waals surface area contributed by atoms with E-state index in [1.165, 1.54) is 12.1 Å². The first kappa shape index (κ1) is 26.6. The van der Waals surface area contributed by atoms with Gasteiger partial charge in [0.15, 0.2) is 0 Å². The summed E-state index contributed by atoms with van der Waals surface area (Å²) in [6.45, 7) is 12.2. The Morgan fingerprint density at radius 2 is 0.972 bits per heavy atom. The second kappa shape index (κ2) is 9.46. The minimum Gasteiger partial charge on any atom is -0.423 e. The van der Waals surface area contributed by atoms with Crippen LogP contribution in [-0.2, 0) is 31.5 Å². The van der Waals surface area contributed by atoms with Crippen LogP contribution < -0.4 is 0 Å². The Morgan fingerprint density at radius 3 is 1.28 bits per heavy atom. The van der Waals surface area contributed by atoms with E-state index in [9.17, 15) is 13.6 Å². The van der Waals surface area contributed by atoms with Crippen LogP contribution in [0.2, 0.25) is 0 Å². The average molecular weight is 499 g/mol. The van der Waals surface area contributed by atoms with Gasteiger partial charge in [0.05, 0.1) is 0 Å². The summed E-state index contributed by atoms with van der Waals surface area (Å²) < 4.78 is 41.6. The summed E-state index contributed by atoms with van der Waals surface area (Å²) in [4.78, 5) is 13.4. The fourth-order valence-corrected chi connectivity index (χ4v) is 5.70. The third-order valence-electron chi connectivity index (χ3n) is 7.96. The lowest BCUT2D eigenvalue weighted by molar-refractivity contribution is -0.0838. The molecule has 36 heavy (non-hydrogen) atoms. The highest BCUT2D eigenvalue weighted by atomic mass is 19.1. The van der Waals surface area contributed by atoms with Gasteiger partial charge in [-0.2, -0.15) is 0 Å². The number of rotatable bonds is 4. The van der Waals surface area contributed by atoms with Gasteiger partial charge in [0, 0.05) is 0 Å². The molecule has 0 aromatic heterocycles. The fraction of sp³-hybridized carbons (Fsp3) is 0.581. The van der Waals surface area contributed by atoms with E-state index in [2.05, 4.69) is 0 Å². The van der Waals surface area contributed by atoms with Crippen LogP contribution >= 0.6 is 0 Å². The van der Waals surface area contributed by atoms with Gasteiger partial charge in [0.25, 0.3) is 0 Å². The molecule has 0 aliphatic heterocycles. The van der Waals surface area contributed by atoms with Crippen molar-refractivity contribution < 1.29 is 23.0 Å². The van der Waals surface area contributed by atoms with Crippen LogP contribution in [0.4, 0.5) is 13.6 Å². The number of carbonyl (C=O) groups excluding carboxylic acids is 1. The maximum Gasteiger partial charge on any atom is 0.510 e. The Labute approximate surface area is 214 Å². The molecule has 0 bridgehead atoms. The number of benzene rings is 2. The molecule has 3 nitrogen and oxygen atoms in total. The fourth-order valence-electron chi connectivity index (χ4n) is 5.70. The number of hydrogen-bond acceptors (Lipinski definition) is 3. The van der Waals surface area contributed by atoms with Crippen LogP contribution in [0.15, 0.2) is 36.4 Å². The SMILES string of the molecule is CC(C)(C)c1cc(F)cc(C2(OC(=O)OC3(c4cc(F)cc(C(C)(C)C)c4)CCCC3)CCCC2)c1. The van der Waals surface area contributed by atoms with E-state index in [1.54, 1.807) is 12.1 Å². The molecule has 2 aromatic rings. The topological polar surface area (TPSA) is 35.5 Å². The molecule has 0 amide bonds. The quantitative estimate of drug-likeness (QED) is 0.395. The second-order valence-corrected chi connectivity index (χ2v) is 12.8.